The van der Waals surface area contributed by atoms with Crippen molar-refractivity contribution in [2.24, 2.45) is 11.8 Å². The first kappa shape index (κ1) is 15.3. The van der Waals surface area contributed by atoms with Crippen molar-refractivity contribution < 1.29 is 4.74 Å². The van der Waals surface area contributed by atoms with Crippen molar-refractivity contribution >= 4 is 11.8 Å². The Labute approximate surface area is 131 Å². The lowest BCUT2D eigenvalue weighted by molar-refractivity contribution is -0.107. The van der Waals surface area contributed by atoms with E-state index in [1.165, 1.54) is 24.3 Å². The van der Waals surface area contributed by atoms with E-state index in [0.717, 1.165) is 31.6 Å². The topological polar surface area (TPSA) is 60.2 Å². The molecule has 0 aliphatic carbocycles. The summed E-state index contributed by atoms with van der Waals surface area (Å²) in [7, 11) is 0. The van der Waals surface area contributed by atoms with Crippen molar-refractivity contribution in [1.29, 1.82) is 0 Å². The molecule has 116 valence electrons. The van der Waals surface area contributed by atoms with Crippen LogP contribution in [-0.2, 0) is 11.2 Å². The number of hydrogen-bond donors (Lipinski definition) is 2. The van der Waals surface area contributed by atoms with Crippen LogP contribution >= 0.6 is 11.8 Å². The molecule has 0 bridgehead atoms. The number of aromatic nitrogens is 1. The standard InChI is InChI=1S/C16H25N3OS/c17-19-15(11-14-3-1-2-7-18-14)13-4-8-20-16(12-13)5-9-21-10-6-16/h1-3,7,13,15,19H,4-6,8-12,17H2. The largest absolute Gasteiger partial charge is 0.375 e. The predicted molar refractivity (Wildman–Crippen MR) is 87.0 cm³/mol. The Bertz CT molecular complexity index is 431. The lowest BCUT2D eigenvalue weighted by atomic mass is 9.77. The number of ether oxygens (including phenoxy) is 1. The van der Waals surface area contributed by atoms with Crippen LogP contribution < -0.4 is 11.3 Å². The van der Waals surface area contributed by atoms with Gasteiger partial charge in [0, 0.05) is 31.0 Å². The minimum absolute atomic E-state index is 0.118. The van der Waals surface area contributed by atoms with Gasteiger partial charge in [-0.3, -0.25) is 16.3 Å². The van der Waals surface area contributed by atoms with Gasteiger partial charge in [-0.15, -0.1) is 0 Å². The lowest BCUT2D eigenvalue weighted by Crippen LogP contribution is -2.50. The molecule has 5 heteroatoms. The van der Waals surface area contributed by atoms with Crippen molar-refractivity contribution in [1.82, 2.24) is 10.4 Å². The van der Waals surface area contributed by atoms with Crippen LogP contribution in [0, 0.1) is 5.92 Å². The molecule has 1 aromatic rings. The highest BCUT2D eigenvalue weighted by molar-refractivity contribution is 7.99. The van der Waals surface area contributed by atoms with Gasteiger partial charge in [-0.2, -0.15) is 11.8 Å². The smallest absolute Gasteiger partial charge is 0.0701 e. The molecule has 21 heavy (non-hydrogen) atoms. The molecule has 3 rings (SSSR count). The highest BCUT2D eigenvalue weighted by Gasteiger charge is 2.40. The molecule has 2 unspecified atom stereocenters. The van der Waals surface area contributed by atoms with Crippen LogP contribution in [0.2, 0.25) is 0 Å². The SMILES string of the molecule is NNC(Cc1ccccn1)C1CCOC2(CCSCC2)C1. The van der Waals surface area contributed by atoms with Crippen LogP contribution in [-0.4, -0.2) is 34.7 Å². The maximum Gasteiger partial charge on any atom is 0.0701 e. The first-order valence-corrected chi connectivity index (χ1v) is 9.04. The number of hydrazine groups is 1. The molecule has 1 spiro atoms. The monoisotopic (exact) mass is 307 g/mol. The van der Waals surface area contributed by atoms with Crippen molar-refractivity contribution in [3.05, 3.63) is 30.1 Å². The summed E-state index contributed by atoms with van der Waals surface area (Å²) in [6.45, 7) is 0.871. The summed E-state index contributed by atoms with van der Waals surface area (Å²) in [4.78, 5) is 4.44. The van der Waals surface area contributed by atoms with Gasteiger partial charge in [0.15, 0.2) is 0 Å². The van der Waals surface area contributed by atoms with E-state index in [2.05, 4.69) is 28.2 Å². The first-order valence-electron chi connectivity index (χ1n) is 7.89. The highest BCUT2D eigenvalue weighted by atomic mass is 32.2. The molecule has 1 aromatic heterocycles. The summed E-state index contributed by atoms with van der Waals surface area (Å²) in [6, 6.07) is 6.36. The van der Waals surface area contributed by atoms with Crippen molar-refractivity contribution in [3.63, 3.8) is 0 Å². The third-order valence-electron chi connectivity index (χ3n) is 4.87. The van der Waals surface area contributed by atoms with Gasteiger partial charge in [0.05, 0.1) is 5.60 Å². The molecular formula is C16H25N3OS. The Morgan fingerprint density at radius 3 is 3.00 bits per heavy atom. The summed E-state index contributed by atoms with van der Waals surface area (Å²) < 4.78 is 6.18. The molecule has 2 aliphatic heterocycles. The number of nitrogens with zero attached hydrogens (tertiary/aromatic N) is 1. The van der Waals surface area contributed by atoms with Crippen molar-refractivity contribution in [3.8, 4) is 0 Å². The molecule has 0 aromatic carbocycles. The van der Waals surface area contributed by atoms with Crippen LogP contribution in [0.4, 0.5) is 0 Å². The Morgan fingerprint density at radius 2 is 2.29 bits per heavy atom. The lowest BCUT2D eigenvalue weighted by Gasteiger charge is -2.45. The van der Waals surface area contributed by atoms with Gasteiger partial charge in [0.2, 0.25) is 0 Å². The Hall–Kier alpha value is -0.620. The van der Waals surface area contributed by atoms with Crippen LogP contribution in [0.5, 0.6) is 0 Å². The van der Waals surface area contributed by atoms with E-state index in [0.29, 0.717) is 5.92 Å². The van der Waals surface area contributed by atoms with Gasteiger partial charge in [-0.1, -0.05) is 6.07 Å². The minimum atomic E-state index is 0.118. The molecule has 0 saturated carbocycles. The number of nitrogens with one attached hydrogen (secondary N) is 1. The van der Waals surface area contributed by atoms with Gasteiger partial charge in [0.1, 0.15) is 0 Å². The molecule has 3 heterocycles. The molecule has 2 atom stereocenters. The minimum Gasteiger partial charge on any atom is -0.375 e. The molecule has 2 fully saturated rings. The summed E-state index contributed by atoms with van der Waals surface area (Å²) >= 11 is 2.05. The van der Waals surface area contributed by atoms with E-state index in [9.17, 15) is 0 Å². The van der Waals surface area contributed by atoms with Crippen molar-refractivity contribution in [2.45, 2.75) is 43.7 Å². The van der Waals surface area contributed by atoms with Crippen LogP contribution in [0.3, 0.4) is 0 Å². The maximum absolute atomic E-state index is 6.18. The van der Waals surface area contributed by atoms with Gasteiger partial charge in [0.25, 0.3) is 0 Å². The van der Waals surface area contributed by atoms with Crippen LogP contribution in [0.15, 0.2) is 24.4 Å². The average Bonchev–Trinajstić information content (AvgIpc) is 2.54. The molecule has 3 N–H and O–H groups in total. The number of thioether (sulfide) groups is 1. The van der Waals surface area contributed by atoms with Crippen molar-refractivity contribution in [2.75, 3.05) is 18.1 Å². The third-order valence-corrected chi connectivity index (χ3v) is 5.86. The maximum atomic E-state index is 6.18. The first-order chi connectivity index (χ1) is 10.3. The third kappa shape index (κ3) is 3.77. The van der Waals surface area contributed by atoms with E-state index in [1.807, 2.05) is 18.3 Å². The number of pyridine rings is 1. The highest BCUT2D eigenvalue weighted by Crippen LogP contribution is 2.40. The van der Waals surface area contributed by atoms with Gasteiger partial charge in [-0.25, -0.2) is 0 Å². The Balaban J connectivity index is 1.65. The van der Waals surface area contributed by atoms with E-state index < -0.39 is 0 Å². The van der Waals surface area contributed by atoms with E-state index in [1.54, 1.807) is 0 Å². The van der Waals surface area contributed by atoms with E-state index >= 15 is 0 Å². The normalized spacial score (nSPS) is 26.6. The second kappa shape index (κ2) is 7.09. The zero-order chi connectivity index (χ0) is 14.5. The molecule has 2 aliphatic rings. The van der Waals surface area contributed by atoms with E-state index in [4.69, 9.17) is 10.6 Å². The molecule has 0 amide bonds. The quantitative estimate of drug-likeness (QED) is 0.659. The fourth-order valence-electron chi connectivity index (χ4n) is 3.61. The molecule has 0 radical (unpaired) electrons. The second-order valence-corrected chi connectivity index (χ2v) is 7.42. The molecule has 4 nitrogen and oxygen atoms in total. The molecule has 2 saturated heterocycles. The van der Waals surface area contributed by atoms with E-state index in [-0.39, 0.29) is 11.6 Å². The zero-order valence-electron chi connectivity index (χ0n) is 12.5. The van der Waals surface area contributed by atoms with Gasteiger partial charge >= 0.3 is 0 Å². The van der Waals surface area contributed by atoms with Crippen LogP contribution in [0.25, 0.3) is 0 Å². The summed E-state index contributed by atoms with van der Waals surface area (Å²) in [5.74, 6) is 8.88. The van der Waals surface area contributed by atoms with Gasteiger partial charge in [-0.05, 0) is 55.2 Å². The Morgan fingerprint density at radius 1 is 1.43 bits per heavy atom. The van der Waals surface area contributed by atoms with Crippen LogP contribution in [0.1, 0.15) is 31.4 Å². The average molecular weight is 307 g/mol. The summed E-state index contributed by atoms with van der Waals surface area (Å²) in [5.41, 5.74) is 4.27. The number of nitrogens with two attached hydrogens (primary N) is 1. The second-order valence-electron chi connectivity index (χ2n) is 6.20. The zero-order valence-corrected chi connectivity index (χ0v) is 13.3. The number of hydrogen-bond acceptors (Lipinski definition) is 5. The van der Waals surface area contributed by atoms with Gasteiger partial charge < -0.3 is 4.74 Å². The summed E-state index contributed by atoms with van der Waals surface area (Å²) in [6.07, 6.45) is 7.36. The fraction of sp³-hybridized carbons (Fsp3) is 0.688. The molecular weight excluding hydrogens is 282 g/mol. The summed E-state index contributed by atoms with van der Waals surface area (Å²) in [5, 5.41) is 0. The fourth-order valence-corrected chi connectivity index (χ4v) is 4.84. The predicted octanol–water partition coefficient (Wildman–Crippen LogP) is 2.15. The Kier molecular flexibility index (Phi) is 5.16. The number of rotatable bonds is 4.